The van der Waals surface area contributed by atoms with Crippen LogP contribution in [0.1, 0.15) is 22.9 Å². The van der Waals surface area contributed by atoms with Crippen molar-refractivity contribution in [2.45, 2.75) is 32.7 Å². The van der Waals surface area contributed by atoms with Crippen molar-refractivity contribution in [3.8, 4) is 16.9 Å². The van der Waals surface area contributed by atoms with Gasteiger partial charge in [-0.15, -0.1) is 11.3 Å². The van der Waals surface area contributed by atoms with E-state index in [1.54, 1.807) is 23.5 Å². The molecule has 158 valence electrons. The van der Waals surface area contributed by atoms with Crippen LogP contribution in [-0.2, 0) is 17.6 Å². The molecule has 3 N–H and O–H groups in total. The Morgan fingerprint density at radius 2 is 1.94 bits per heavy atom. The zero-order valence-corrected chi connectivity index (χ0v) is 18.1. The number of aryl methyl sites for hydroxylation is 2. The van der Waals surface area contributed by atoms with Crippen LogP contribution in [0, 0.1) is 6.92 Å². The topological polar surface area (TPSA) is 95.3 Å². The monoisotopic (exact) mass is 433 g/mol. The summed E-state index contributed by atoms with van der Waals surface area (Å²) in [6.45, 7) is 4.03. The lowest BCUT2D eigenvalue weighted by Gasteiger charge is -2.17. The summed E-state index contributed by atoms with van der Waals surface area (Å²) in [4.78, 5) is 22.8. The Kier molecular flexibility index (Phi) is 5.86. The van der Waals surface area contributed by atoms with Crippen LogP contribution < -0.4 is 5.32 Å². The van der Waals surface area contributed by atoms with Gasteiger partial charge in [0.05, 0.1) is 5.39 Å². The Bertz CT molecular complexity index is 1240. The number of benzene rings is 2. The first kappa shape index (κ1) is 20.8. The highest BCUT2D eigenvalue weighted by atomic mass is 32.1. The average molecular weight is 434 g/mol. The fourth-order valence-corrected chi connectivity index (χ4v) is 4.86. The van der Waals surface area contributed by atoms with Gasteiger partial charge in [-0.25, -0.2) is 14.8 Å². The molecule has 0 bridgehead atoms. The fraction of sp³-hybridized carbons (Fsp3) is 0.208. The quantitative estimate of drug-likeness (QED) is 0.378. The maximum Gasteiger partial charge on any atom is 0.326 e. The molecule has 0 unspecified atom stereocenters. The Labute approximate surface area is 184 Å². The lowest BCUT2D eigenvalue weighted by atomic mass is 9.97. The molecule has 0 saturated carbocycles. The predicted molar refractivity (Wildman–Crippen MR) is 124 cm³/mol. The van der Waals surface area contributed by atoms with Gasteiger partial charge in [0, 0.05) is 16.9 Å². The molecule has 0 fully saturated rings. The second kappa shape index (κ2) is 8.73. The molecule has 0 saturated heterocycles. The molecule has 0 aliphatic carbocycles. The lowest BCUT2D eigenvalue weighted by molar-refractivity contribution is -0.137. The average Bonchev–Trinajstić information content (AvgIpc) is 3.13. The third-order valence-corrected chi connectivity index (χ3v) is 6.50. The summed E-state index contributed by atoms with van der Waals surface area (Å²) < 4.78 is 0. The van der Waals surface area contributed by atoms with Crippen molar-refractivity contribution in [2.75, 3.05) is 5.32 Å². The number of phenolic OH excluding ortho intramolecular Hbond substituents is 1. The van der Waals surface area contributed by atoms with Gasteiger partial charge in [-0.2, -0.15) is 0 Å². The van der Waals surface area contributed by atoms with Crippen LogP contribution in [0.4, 0.5) is 5.82 Å². The first-order chi connectivity index (χ1) is 15.0. The molecule has 2 heterocycles. The van der Waals surface area contributed by atoms with Crippen molar-refractivity contribution in [2.24, 2.45) is 0 Å². The van der Waals surface area contributed by atoms with Crippen molar-refractivity contribution >= 4 is 33.3 Å². The Hall–Kier alpha value is -3.45. The summed E-state index contributed by atoms with van der Waals surface area (Å²) in [6.07, 6.45) is 2.61. The molecule has 2 aromatic heterocycles. The van der Waals surface area contributed by atoms with Gasteiger partial charge in [-0.1, -0.05) is 43.3 Å². The van der Waals surface area contributed by atoms with Gasteiger partial charge in [0.1, 0.15) is 28.8 Å². The highest BCUT2D eigenvalue weighted by molar-refractivity contribution is 7.19. The number of nitrogens with zero attached hydrogens (tertiary/aromatic N) is 2. The Morgan fingerprint density at radius 3 is 2.61 bits per heavy atom. The molecular weight excluding hydrogens is 410 g/mol. The molecule has 0 spiro atoms. The summed E-state index contributed by atoms with van der Waals surface area (Å²) in [5.41, 5.74) is 3.84. The van der Waals surface area contributed by atoms with E-state index in [4.69, 9.17) is 0 Å². The SMILES string of the molecule is CCc1sc2ncnc(N[C@H](Cc3ccccc3)C(=O)O)c2c1-c1ccc(O)cc1C. The normalized spacial score (nSPS) is 12.1. The van der Waals surface area contributed by atoms with E-state index in [2.05, 4.69) is 22.2 Å². The van der Waals surface area contributed by atoms with Crippen molar-refractivity contribution in [3.63, 3.8) is 0 Å². The van der Waals surface area contributed by atoms with Crippen LogP contribution in [0.25, 0.3) is 21.3 Å². The number of rotatable bonds is 7. The van der Waals surface area contributed by atoms with E-state index in [0.29, 0.717) is 12.2 Å². The summed E-state index contributed by atoms with van der Waals surface area (Å²) in [7, 11) is 0. The van der Waals surface area contributed by atoms with Gasteiger partial charge in [0.25, 0.3) is 0 Å². The van der Waals surface area contributed by atoms with Gasteiger partial charge in [0.15, 0.2) is 0 Å². The second-order valence-electron chi connectivity index (χ2n) is 7.38. The van der Waals surface area contributed by atoms with Crippen molar-refractivity contribution in [3.05, 3.63) is 70.9 Å². The summed E-state index contributed by atoms with van der Waals surface area (Å²) in [5, 5.41) is 23.7. The number of carboxylic acids is 1. The number of nitrogens with one attached hydrogen (secondary N) is 1. The molecule has 4 rings (SSSR count). The lowest BCUT2D eigenvalue weighted by Crippen LogP contribution is -2.32. The van der Waals surface area contributed by atoms with Crippen molar-refractivity contribution in [1.82, 2.24) is 9.97 Å². The number of carboxylic acid groups (broad SMARTS) is 1. The highest BCUT2D eigenvalue weighted by Crippen LogP contribution is 2.42. The Morgan fingerprint density at radius 1 is 1.16 bits per heavy atom. The molecule has 7 heteroatoms. The van der Waals surface area contributed by atoms with Crippen LogP contribution in [-0.4, -0.2) is 32.2 Å². The minimum absolute atomic E-state index is 0.210. The third-order valence-electron chi connectivity index (χ3n) is 5.25. The number of phenols is 1. The number of aromatic hydroxyl groups is 1. The van der Waals surface area contributed by atoms with E-state index in [1.807, 2.05) is 43.3 Å². The molecule has 4 aromatic rings. The Balaban J connectivity index is 1.83. The number of anilines is 1. The number of aromatic nitrogens is 2. The van der Waals surface area contributed by atoms with Crippen LogP contribution in [0.3, 0.4) is 0 Å². The van der Waals surface area contributed by atoms with Gasteiger partial charge < -0.3 is 15.5 Å². The van der Waals surface area contributed by atoms with Crippen LogP contribution in [0.2, 0.25) is 0 Å². The van der Waals surface area contributed by atoms with E-state index in [9.17, 15) is 15.0 Å². The van der Waals surface area contributed by atoms with E-state index < -0.39 is 12.0 Å². The van der Waals surface area contributed by atoms with E-state index in [-0.39, 0.29) is 5.75 Å². The first-order valence-corrected chi connectivity index (χ1v) is 10.9. The number of thiophene rings is 1. The van der Waals surface area contributed by atoms with Crippen molar-refractivity contribution < 1.29 is 15.0 Å². The van der Waals surface area contributed by atoms with E-state index in [1.165, 1.54) is 6.33 Å². The predicted octanol–water partition coefficient (Wildman–Crippen LogP) is 5.04. The zero-order chi connectivity index (χ0) is 22.0. The third kappa shape index (κ3) is 4.22. The molecule has 0 amide bonds. The number of hydrogen-bond donors (Lipinski definition) is 3. The number of carbonyl (C=O) groups is 1. The van der Waals surface area contributed by atoms with Gasteiger partial charge >= 0.3 is 5.97 Å². The molecule has 0 radical (unpaired) electrons. The second-order valence-corrected chi connectivity index (χ2v) is 8.46. The smallest absolute Gasteiger partial charge is 0.326 e. The first-order valence-electron chi connectivity index (χ1n) is 10.1. The fourth-order valence-electron chi connectivity index (χ4n) is 3.77. The number of hydrogen-bond acceptors (Lipinski definition) is 6. The summed E-state index contributed by atoms with van der Waals surface area (Å²) in [5.74, 6) is -0.224. The molecule has 6 nitrogen and oxygen atoms in total. The summed E-state index contributed by atoms with van der Waals surface area (Å²) in [6, 6.07) is 14.0. The van der Waals surface area contributed by atoms with E-state index >= 15 is 0 Å². The van der Waals surface area contributed by atoms with E-state index in [0.717, 1.165) is 43.8 Å². The summed E-state index contributed by atoms with van der Waals surface area (Å²) >= 11 is 1.58. The van der Waals surface area contributed by atoms with Gasteiger partial charge in [0.2, 0.25) is 0 Å². The maximum atomic E-state index is 12.0. The molecule has 0 aliphatic rings. The minimum atomic E-state index is -0.941. The zero-order valence-electron chi connectivity index (χ0n) is 17.3. The molecule has 1 atom stereocenters. The standard InChI is InChI=1S/C24H23N3O3S/c1-3-19-20(17-10-9-16(28)11-14(17)2)21-22(25-13-26-23(21)31-19)27-18(24(29)30)12-15-7-5-4-6-8-15/h4-11,13,18,28H,3,12H2,1-2H3,(H,29,30)(H,25,26,27)/t18-/m1/s1. The maximum absolute atomic E-state index is 12.0. The van der Waals surface area contributed by atoms with Crippen LogP contribution in [0.5, 0.6) is 5.75 Å². The highest BCUT2D eigenvalue weighted by Gasteiger charge is 2.24. The molecular formula is C24H23N3O3S. The van der Waals surface area contributed by atoms with Gasteiger partial charge in [-0.3, -0.25) is 0 Å². The molecule has 2 aromatic carbocycles. The van der Waals surface area contributed by atoms with Crippen molar-refractivity contribution in [1.29, 1.82) is 0 Å². The van der Waals surface area contributed by atoms with Gasteiger partial charge in [-0.05, 0) is 42.2 Å². The molecule has 31 heavy (non-hydrogen) atoms. The largest absolute Gasteiger partial charge is 0.508 e. The number of fused-ring (bicyclic) bond motifs is 1. The number of aliphatic carboxylic acids is 1. The van der Waals surface area contributed by atoms with Crippen LogP contribution >= 0.6 is 11.3 Å². The van der Waals surface area contributed by atoms with Crippen LogP contribution in [0.15, 0.2) is 54.9 Å². The minimum Gasteiger partial charge on any atom is -0.508 e. The molecule has 0 aliphatic heterocycles.